The average molecular weight is 252 g/mol. The van der Waals surface area contributed by atoms with Gasteiger partial charge in [0.25, 0.3) is 0 Å². The summed E-state index contributed by atoms with van der Waals surface area (Å²) in [7, 11) is 0. The molecule has 0 bridgehead atoms. The predicted octanol–water partition coefficient (Wildman–Crippen LogP) is 2.61. The number of carbonyl (C=O) groups excluding carboxylic acids is 1. The molecule has 18 heavy (non-hydrogen) atoms. The molecule has 104 valence electrons. The van der Waals surface area contributed by atoms with E-state index in [-0.39, 0.29) is 11.9 Å². The second-order valence-corrected chi connectivity index (χ2v) is 6.18. The molecule has 1 atom stereocenters. The third kappa shape index (κ3) is 3.98. The Morgan fingerprint density at radius 3 is 2.78 bits per heavy atom. The monoisotopic (exact) mass is 252 g/mol. The molecular formula is C15H28N2O. The largest absolute Gasteiger partial charge is 0.354 e. The maximum Gasteiger partial charge on any atom is 0.237 e. The molecule has 1 amide bonds. The van der Waals surface area contributed by atoms with E-state index in [1.165, 1.54) is 51.4 Å². The third-order valence-corrected chi connectivity index (χ3v) is 4.50. The fourth-order valence-corrected chi connectivity index (χ4v) is 3.05. The first-order chi connectivity index (χ1) is 8.76. The lowest BCUT2D eigenvalue weighted by Crippen LogP contribution is -2.46. The molecule has 1 saturated carbocycles. The van der Waals surface area contributed by atoms with Crippen LogP contribution < -0.4 is 10.6 Å². The first kappa shape index (κ1) is 13.9. The van der Waals surface area contributed by atoms with Crippen molar-refractivity contribution in [3.8, 4) is 0 Å². The van der Waals surface area contributed by atoms with E-state index >= 15 is 0 Å². The molecule has 1 aliphatic carbocycles. The van der Waals surface area contributed by atoms with Crippen molar-refractivity contribution in [1.29, 1.82) is 0 Å². The summed E-state index contributed by atoms with van der Waals surface area (Å²) in [6.45, 7) is 4.13. The first-order valence-corrected chi connectivity index (χ1v) is 7.77. The molecule has 0 spiro atoms. The standard InChI is InChI=1S/C15H28N2O/c1-2-8-15(9-10-15)12-17-14(18)13-7-5-3-4-6-11-16-13/h13,16H,2-12H2,1H3,(H,17,18). The molecule has 3 heteroatoms. The van der Waals surface area contributed by atoms with Crippen LogP contribution in [0, 0.1) is 5.41 Å². The van der Waals surface area contributed by atoms with Gasteiger partial charge in [-0.15, -0.1) is 0 Å². The summed E-state index contributed by atoms with van der Waals surface area (Å²) in [5, 5.41) is 6.58. The molecule has 1 heterocycles. The molecule has 0 aromatic carbocycles. The normalized spacial score (nSPS) is 27.1. The van der Waals surface area contributed by atoms with Crippen LogP contribution in [-0.2, 0) is 4.79 Å². The van der Waals surface area contributed by atoms with Crippen LogP contribution in [0.4, 0.5) is 0 Å². The van der Waals surface area contributed by atoms with E-state index in [0.29, 0.717) is 5.41 Å². The summed E-state index contributed by atoms with van der Waals surface area (Å²) in [4.78, 5) is 12.2. The maximum absolute atomic E-state index is 12.2. The topological polar surface area (TPSA) is 41.1 Å². The van der Waals surface area contributed by atoms with Crippen molar-refractivity contribution in [2.24, 2.45) is 5.41 Å². The molecule has 1 aliphatic heterocycles. The van der Waals surface area contributed by atoms with E-state index in [1.807, 2.05) is 0 Å². The second-order valence-electron chi connectivity index (χ2n) is 6.18. The van der Waals surface area contributed by atoms with E-state index in [0.717, 1.165) is 19.5 Å². The van der Waals surface area contributed by atoms with Crippen molar-refractivity contribution in [1.82, 2.24) is 10.6 Å². The first-order valence-electron chi connectivity index (χ1n) is 7.77. The molecule has 2 aliphatic rings. The highest BCUT2D eigenvalue weighted by atomic mass is 16.2. The second kappa shape index (κ2) is 6.55. The summed E-state index contributed by atoms with van der Waals surface area (Å²) in [6.07, 6.45) is 11.1. The molecule has 3 nitrogen and oxygen atoms in total. The van der Waals surface area contributed by atoms with E-state index in [2.05, 4.69) is 17.6 Å². The molecule has 1 unspecified atom stereocenters. The summed E-state index contributed by atoms with van der Waals surface area (Å²) in [6, 6.07) is 0.0581. The van der Waals surface area contributed by atoms with Crippen molar-refractivity contribution in [3.05, 3.63) is 0 Å². The number of nitrogens with one attached hydrogen (secondary N) is 2. The van der Waals surface area contributed by atoms with Gasteiger partial charge in [-0.3, -0.25) is 4.79 Å². The number of rotatable bonds is 5. The zero-order valence-corrected chi connectivity index (χ0v) is 11.8. The fraction of sp³-hybridized carbons (Fsp3) is 0.933. The van der Waals surface area contributed by atoms with Crippen LogP contribution in [0.25, 0.3) is 0 Å². The SMILES string of the molecule is CCCC1(CNC(=O)C2CCCCCCN2)CC1. The Kier molecular flexibility index (Phi) is 5.04. The summed E-state index contributed by atoms with van der Waals surface area (Å²) in [5.74, 6) is 0.235. The van der Waals surface area contributed by atoms with Crippen LogP contribution in [0.2, 0.25) is 0 Å². The van der Waals surface area contributed by atoms with Crippen LogP contribution in [-0.4, -0.2) is 25.0 Å². The van der Waals surface area contributed by atoms with Crippen LogP contribution in [0.5, 0.6) is 0 Å². The fourth-order valence-electron chi connectivity index (χ4n) is 3.05. The predicted molar refractivity (Wildman–Crippen MR) is 74.5 cm³/mol. The Labute approximate surface area is 111 Å². The number of carbonyl (C=O) groups is 1. The Morgan fingerprint density at radius 2 is 2.06 bits per heavy atom. The smallest absolute Gasteiger partial charge is 0.237 e. The highest BCUT2D eigenvalue weighted by Gasteiger charge is 2.41. The average Bonchev–Trinajstić information content (AvgIpc) is 3.07. The quantitative estimate of drug-likeness (QED) is 0.789. The van der Waals surface area contributed by atoms with Crippen LogP contribution >= 0.6 is 0 Å². The Hall–Kier alpha value is -0.570. The van der Waals surface area contributed by atoms with Crippen LogP contribution in [0.15, 0.2) is 0 Å². The minimum absolute atomic E-state index is 0.0581. The van der Waals surface area contributed by atoms with Gasteiger partial charge in [0.05, 0.1) is 6.04 Å². The van der Waals surface area contributed by atoms with Crippen molar-refractivity contribution in [2.45, 2.75) is 70.8 Å². The Bertz CT molecular complexity index is 266. The number of hydrogen-bond donors (Lipinski definition) is 2. The summed E-state index contributed by atoms with van der Waals surface area (Å²) < 4.78 is 0. The van der Waals surface area contributed by atoms with Crippen molar-refractivity contribution >= 4 is 5.91 Å². The molecule has 2 fully saturated rings. The number of hydrogen-bond acceptors (Lipinski definition) is 2. The lowest BCUT2D eigenvalue weighted by Gasteiger charge is -2.22. The highest BCUT2D eigenvalue weighted by molar-refractivity contribution is 5.81. The zero-order valence-electron chi connectivity index (χ0n) is 11.8. The van der Waals surface area contributed by atoms with E-state index in [1.54, 1.807) is 0 Å². The molecule has 1 saturated heterocycles. The molecule has 0 aromatic heterocycles. The minimum Gasteiger partial charge on any atom is -0.354 e. The molecule has 0 radical (unpaired) electrons. The third-order valence-electron chi connectivity index (χ3n) is 4.50. The Balaban J connectivity index is 1.72. The molecule has 2 N–H and O–H groups in total. The molecular weight excluding hydrogens is 224 g/mol. The van der Waals surface area contributed by atoms with Crippen LogP contribution in [0.1, 0.15) is 64.7 Å². The summed E-state index contributed by atoms with van der Waals surface area (Å²) >= 11 is 0. The van der Waals surface area contributed by atoms with E-state index in [4.69, 9.17) is 0 Å². The van der Waals surface area contributed by atoms with Crippen molar-refractivity contribution in [2.75, 3.05) is 13.1 Å². The lowest BCUT2D eigenvalue weighted by molar-refractivity contribution is -0.123. The zero-order chi connectivity index (χ0) is 12.8. The van der Waals surface area contributed by atoms with Crippen molar-refractivity contribution in [3.63, 3.8) is 0 Å². The van der Waals surface area contributed by atoms with Gasteiger partial charge in [0.2, 0.25) is 5.91 Å². The van der Waals surface area contributed by atoms with Gasteiger partial charge in [-0.05, 0) is 44.1 Å². The minimum atomic E-state index is 0.0581. The van der Waals surface area contributed by atoms with Crippen LogP contribution in [0.3, 0.4) is 0 Å². The van der Waals surface area contributed by atoms with Gasteiger partial charge in [0, 0.05) is 6.54 Å². The Morgan fingerprint density at radius 1 is 1.28 bits per heavy atom. The lowest BCUT2D eigenvalue weighted by atomic mass is 10.00. The summed E-state index contributed by atoms with van der Waals surface area (Å²) in [5.41, 5.74) is 0.464. The van der Waals surface area contributed by atoms with E-state index < -0.39 is 0 Å². The van der Waals surface area contributed by atoms with Gasteiger partial charge in [-0.1, -0.05) is 32.6 Å². The van der Waals surface area contributed by atoms with Gasteiger partial charge in [-0.25, -0.2) is 0 Å². The van der Waals surface area contributed by atoms with Gasteiger partial charge >= 0.3 is 0 Å². The van der Waals surface area contributed by atoms with Gasteiger partial charge in [-0.2, -0.15) is 0 Å². The highest BCUT2D eigenvalue weighted by Crippen LogP contribution is 2.48. The van der Waals surface area contributed by atoms with E-state index in [9.17, 15) is 4.79 Å². The van der Waals surface area contributed by atoms with Crippen molar-refractivity contribution < 1.29 is 4.79 Å². The molecule has 0 aromatic rings. The number of amides is 1. The maximum atomic E-state index is 12.2. The van der Waals surface area contributed by atoms with Gasteiger partial charge in [0.1, 0.15) is 0 Å². The molecule has 2 rings (SSSR count). The van der Waals surface area contributed by atoms with Gasteiger partial charge in [0.15, 0.2) is 0 Å². The van der Waals surface area contributed by atoms with Gasteiger partial charge < -0.3 is 10.6 Å².